The average Bonchev–Trinajstić information content (AvgIpc) is 3.16. The van der Waals surface area contributed by atoms with Crippen molar-refractivity contribution >= 4 is 106 Å². The first-order chi connectivity index (χ1) is 27.6. The van der Waals surface area contributed by atoms with Crippen LogP contribution in [0.2, 0.25) is 10.0 Å². The zero-order valence-electron chi connectivity index (χ0n) is 30.9. The molecule has 0 saturated carbocycles. The van der Waals surface area contributed by atoms with E-state index >= 15 is 0 Å². The lowest BCUT2D eigenvalue weighted by atomic mass is 10.1. The molecule has 0 atom stereocenters. The van der Waals surface area contributed by atoms with Crippen LogP contribution in [0.1, 0.15) is 16.7 Å². The Kier molecular flexibility index (Phi) is 13.7. The van der Waals surface area contributed by atoms with Gasteiger partial charge in [0.15, 0.2) is 0 Å². The molecule has 0 bridgehead atoms. The Hall–Kier alpha value is -5.60. The third kappa shape index (κ3) is 12.0. The van der Waals surface area contributed by atoms with E-state index in [4.69, 9.17) is 23.2 Å². The maximum atomic E-state index is 12.2. The Morgan fingerprint density at radius 2 is 1.15 bits per heavy atom. The fourth-order valence-corrected chi connectivity index (χ4v) is 7.27. The highest BCUT2D eigenvalue weighted by Gasteiger charge is 2.19. The zero-order valence-corrected chi connectivity index (χ0v) is 34.9. The van der Waals surface area contributed by atoms with E-state index in [9.17, 15) is 40.0 Å². The number of nitrogens with one attached hydrogen (secondary N) is 3. The summed E-state index contributed by atoms with van der Waals surface area (Å²) in [4.78, 5) is 12.5. The largest absolute Gasteiger partial charge is 0.506 e. The van der Waals surface area contributed by atoms with Crippen molar-refractivity contribution in [3.8, 4) is 11.5 Å². The van der Waals surface area contributed by atoms with Gasteiger partial charge in [0.1, 0.15) is 39.4 Å². The monoisotopic (exact) mass is 910 g/mol. The van der Waals surface area contributed by atoms with E-state index in [1.807, 2.05) is 0 Å². The molecule has 312 valence electrons. The van der Waals surface area contributed by atoms with Crippen LogP contribution in [-0.4, -0.2) is 75.1 Å². The second-order valence-electron chi connectivity index (χ2n) is 12.1. The number of phenols is 2. The zero-order chi connectivity index (χ0) is 43.3. The third-order valence-electron chi connectivity index (χ3n) is 7.75. The van der Waals surface area contributed by atoms with Crippen molar-refractivity contribution in [2.24, 2.45) is 20.5 Å². The summed E-state index contributed by atoms with van der Waals surface area (Å²) in [7, 11) is -10.6. The van der Waals surface area contributed by atoms with Crippen LogP contribution in [0.15, 0.2) is 86.0 Å². The highest BCUT2D eigenvalue weighted by atomic mass is 35.5. The second-order valence-corrected chi connectivity index (χ2v) is 17.7. The Bertz CT molecular complexity index is 2830. The summed E-state index contributed by atoms with van der Waals surface area (Å²) in [5.41, 5.74) is 1.98. The SMILES string of the molecule is COS(=O)(=O)CNc1nc(Nc2cc(O)c(N=Nc3ccc(Cl)c(CS(=O)(=O)O)c3)cc2C)nc(Nc2cc(O)c(N=Nc3ccc(Cl)c(S(=O)(=O)OC)c3)cc2C)n1. The first-order valence-corrected chi connectivity index (χ1v) is 21.7. The molecule has 0 aliphatic carbocycles. The van der Waals surface area contributed by atoms with Crippen LogP contribution in [0.5, 0.6) is 11.5 Å². The number of aromatic nitrogens is 3. The van der Waals surface area contributed by atoms with Crippen LogP contribution >= 0.6 is 23.2 Å². The predicted octanol–water partition coefficient (Wildman–Crippen LogP) is 7.59. The van der Waals surface area contributed by atoms with E-state index in [1.54, 1.807) is 13.8 Å². The van der Waals surface area contributed by atoms with Crippen molar-refractivity contribution in [2.45, 2.75) is 24.5 Å². The molecule has 0 unspecified atom stereocenters. The van der Waals surface area contributed by atoms with E-state index in [0.29, 0.717) is 11.1 Å². The van der Waals surface area contributed by atoms with Crippen LogP contribution in [0.4, 0.5) is 52.0 Å². The summed E-state index contributed by atoms with van der Waals surface area (Å²) in [6.45, 7) is 3.32. The van der Waals surface area contributed by atoms with Crippen molar-refractivity contribution in [3.05, 3.63) is 87.4 Å². The van der Waals surface area contributed by atoms with E-state index in [0.717, 1.165) is 20.3 Å². The molecule has 26 heteroatoms. The van der Waals surface area contributed by atoms with Crippen molar-refractivity contribution in [2.75, 3.05) is 36.0 Å². The van der Waals surface area contributed by atoms with E-state index in [1.165, 1.54) is 54.6 Å². The van der Waals surface area contributed by atoms with Gasteiger partial charge >= 0.3 is 0 Å². The summed E-state index contributed by atoms with van der Waals surface area (Å²) in [5, 5.41) is 46.2. The minimum absolute atomic E-state index is 0.0117. The van der Waals surface area contributed by atoms with Gasteiger partial charge in [0, 0.05) is 28.5 Å². The molecule has 59 heavy (non-hydrogen) atoms. The fraction of sp³-hybridized carbons (Fsp3) is 0.182. The van der Waals surface area contributed by atoms with Gasteiger partial charge in [0.2, 0.25) is 17.8 Å². The lowest BCUT2D eigenvalue weighted by Crippen LogP contribution is -2.18. The summed E-state index contributed by atoms with van der Waals surface area (Å²) >= 11 is 12.0. The highest BCUT2D eigenvalue weighted by molar-refractivity contribution is 7.87. The van der Waals surface area contributed by atoms with Gasteiger partial charge in [0.05, 0.1) is 30.6 Å². The maximum absolute atomic E-state index is 12.2. The normalized spacial score (nSPS) is 12.3. The van der Waals surface area contributed by atoms with Crippen LogP contribution in [-0.2, 0) is 44.5 Å². The van der Waals surface area contributed by atoms with E-state index in [2.05, 4.69) is 59.7 Å². The molecular weight excluding hydrogens is 880 g/mol. The number of benzene rings is 4. The van der Waals surface area contributed by atoms with E-state index in [-0.39, 0.29) is 84.0 Å². The second kappa shape index (κ2) is 18.1. The molecule has 0 fully saturated rings. The van der Waals surface area contributed by atoms with Crippen molar-refractivity contribution in [1.82, 2.24) is 15.0 Å². The molecule has 0 aliphatic heterocycles. The van der Waals surface area contributed by atoms with Gasteiger partial charge in [-0.3, -0.25) is 12.9 Å². The lowest BCUT2D eigenvalue weighted by molar-refractivity contribution is 0.397. The third-order valence-corrected chi connectivity index (χ3v) is 11.6. The van der Waals surface area contributed by atoms with Crippen molar-refractivity contribution < 1.29 is 48.4 Å². The Labute approximate surface area is 347 Å². The van der Waals surface area contributed by atoms with Gasteiger partial charge in [-0.15, -0.1) is 10.2 Å². The summed E-state index contributed by atoms with van der Waals surface area (Å²) < 4.78 is 89.4. The number of anilines is 5. The minimum atomic E-state index is -4.37. The quantitative estimate of drug-likeness (QED) is 0.0315. The number of aromatic hydroxyl groups is 2. The number of aryl methyl sites for hydroxylation is 2. The predicted molar refractivity (Wildman–Crippen MR) is 217 cm³/mol. The van der Waals surface area contributed by atoms with Gasteiger partial charge in [0.25, 0.3) is 30.4 Å². The Balaban J connectivity index is 1.41. The van der Waals surface area contributed by atoms with Crippen molar-refractivity contribution in [3.63, 3.8) is 0 Å². The van der Waals surface area contributed by atoms with Gasteiger partial charge in [-0.2, -0.15) is 50.4 Å². The molecule has 21 nitrogen and oxygen atoms in total. The minimum Gasteiger partial charge on any atom is -0.506 e. The van der Waals surface area contributed by atoms with Crippen LogP contribution in [0, 0.1) is 13.8 Å². The molecule has 6 N–H and O–H groups in total. The number of azo groups is 2. The molecule has 0 aliphatic rings. The molecular formula is C33H32Cl2N10O11S3. The maximum Gasteiger partial charge on any atom is 0.298 e. The standard InChI is InChI=1S/C33H32Cl2N10O11S3/c1-17-9-26(44-42-20-5-7-22(34)19(11-20)15-57(48,49)50)28(46)13-24(17)37-32-39-31(36-16-58(51,52)55-3)40-33(41-32)38-25-14-29(47)27(10-18(25)2)45-43-21-6-8-23(35)30(12-21)59(53,54)56-4/h5-14,46-47H,15-16H2,1-4H3,(H,48,49,50)(H3,36,37,38,39,40,41). The Morgan fingerprint density at radius 3 is 1.64 bits per heavy atom. The molecule has 0 saturated heterocycles. The summed E-state index contributed by atoms with van der Waals surface area (Å²) in [5.74, 6) is -2.64. The first kappa shape index (κ1) is 44.5. The average molecular weight is 912 g/mol. The van der Waals surface area contributed by atoms with E-state index < -0.39 is 42.0 Å². The number of hydrogen-bond donors (Lipinski definition) is 6. The molecule has 0 spiro atoms. The number of nitrogens with zero attached hydrogens (tertiary/aromatic N) is 7. The molecule has 4 aromatic carbocycles. The molecule has 0 radical (unpaired) electrons. The van der Waals surface area contributed by atoms with Gasteiger partial charge in [-0.1, -0.05) is 23.2 Å². The number of rotatable bonds is 16. The van der Waals surface area contributed by atoms with Crippen LogP contribution in [0.25, 0.3) is 0 Å². The van der Waals surface area contributed by atoms with Gasteiger partial charge in [-0.25, -0.2) is 0 Å². The van der Waals surface area contributed by atoms with Crippen molar-refractivity contribution in [1.29, 1.82) is 0 Å². The number of phenolic OH excluding ortho intramolecular Hbond substituents is 2. The number of halogens is 2. The molecule has 0 amide bonds. The smallest absolute Gasteiger partial charge is 0.298 e. The van der Waals surface area contributed by atoms with Crippen LogP contribution in [0.3, 0.4) is 0 Å². The first-order valence-electron chi connectivity index (χ1n) is 16.3. The highest BCUT2D eigenvalue weighted by Crippen LogP contribution is 2.37. The fourth-order valence-electron chi connectivity index (χ4n) is 4.80. The summed E-state index contributed by atoms with van der Waals surface area (Å²) in [6, 6.07) is 13.5. The molecule has 1 aromatic heterocycles. The summed E-state index contributed by atoms with van der Waals surface area (Å²) in [6.07, 6.45) is 0. The molecule has 1 heterocycles. The van der Waals surface area contributed by atoms with Gasteiger partial charge < -0.3 is 26.2 Å². The molecule has 5 rings (SSSR count). The van der Waals surface area contributed by atoms with Gasteiger partial charge in [-0.05, 0) is 79.1 Å². The Morgan fingerprint density at radius 1 is 0.661 bits per heavy atom. The topological polar surface area (TPSA) is 306 Å². The lowest BCUT2D eigenvalue weighted by Gasteiger charge is -2.14. The molecule has 5 aromatic rings. The number of hydrogen-bond acceptors (Lipinski definition) is 20. The van der Waals surface area contributed by atoms with Crippen LogP contribution < -0.4 is 16.0 Å².